The summed E-state index contributed by atoms with van der Waals surface area (Å²) >= 11 is 11.1. The van der Waals surface area contributed by atoms with Crippen LogP contribution in [0.3, 0.4) is 0 Å². The van der Waals surface area contributed by atoms with E-state index in [4.69, 9.17) is 23.2 Å². The predicted molar refractivity (Wildman–Crippen MR) is 41.7 cm³/mol. The van der Waals surface area contributed by atoms with Crippen molar-refractivity contribution in [3.8, 4) is 0 Å². The third-order valence-corrected chi connectivity index (χ3v) is 2.35. The van der Waals surface area contributed by atoms with Crippen molar-refractivity contribution >= 4 is 28.6 Å². The zero-order valence-electron chi connectivity index (χ0n) is 5.52. The van der Waals surface area contributed by atoms with Crippen molar-refractivity contribution in [3.63, 3.8) is 0 Å². The van der Waals surface area contributed by atoms with Gasteiger partial charge in [-0.1, -0.05) is 0 Å². The van der Waals surface area contributed by atoms with Gasteiger partial charge in [-0.15, -0.1) is 11.6 Å². The van der Waals surface area contributed by atoms with E-state index in [0.717, 1.165) is 12.8 Å². The largest absolute Gasteiger partial charge is 0.329 e. The van der Waals surface area contributed by atoms with Crippen molar-refractivity contribution in [1.82, 2.24) is 4.90 Å². The van der Waals surface area contributed by atoms with Gasteiger partial charge in [-0.05, 0) is 24.4 Å². The molecule has 0 atom stereocenters. The average Bonchev–Trinajstić information content (AvgIpc) is 1.88. The Hall–Kier alpha value is 0.0500. The molecule has 1 aliphatic rings. The number of amides is 1. The van der Waals surface area contributed by atoms with Gasteiger partial charge in [0.2, 0.25) is 0 Å². The van der Waals surface area contributed by atoms with Crippen LogP contribution in [0.25, 0.3) is 0 Å². The van der Waals surface area contributed by atoms with Crippen molar-refractivity contribution in [1.29, 1.82) is 0 Å². The standard InChI is InChI=1S/C6H9Cl2NO/c7-5-1-3-9(4-2-5)6(8)10/h5H,1-4H2. The van der Waals surface area contributed by atoms with Crippen molar-refractivity contribution in [2.45, 2.75) is 18.2 Å². The summed E-state index contributed by atoms with van der Waals surface area (Å²) < 4.78 is 0. The van der Waals surface area contributed by atoms with Gasteiger partial charge >= 0.3 is 5.37 Å². The lowest BCUT2D eigenvalue weighted by Gasteiger charge is -2.26. The SMILES string of the molecule is O=C(Cl)N1CCC(Cl)CC1. The third-order valence-electron chi connectivity index (χ3n) is 1.67. The summed E-state index contributed by atoms with van der Waals surface area (Å²) in [5, 5.41) is -0.129. The van der Waals surface area contributed by atoms with Crippen molar-refractivity contribution in [2.24, 2.45) is 0 Å². The topological polar surface area (TPSA) is 20.3 Å². The van der Waals surface area contributed by atoms with Gasteiger partial charge in [-0.3, -0.25) is 4.79 Å². The summed E-state index contributed by atoms with van der Waals surface area (Å²) in [5.74, 6) is 0. The normalized spacial score (nSPS) is 21.2. The van der Waals surface area contributed by atoms with E-state index >= 15 is 0 Å². The van der Waals surface area contributed by atoms with Gasteiger partial charge in [-0.25, -0.2) is 0 Å². The highest BCUT2D eigenvalue weighted by atomic mass is 35.5. The van der Waals surface area contributed by atoms with Gasteiger partial charge in [0.05, 0.1) is 0 Å². The van der Waals surface area contributed by atoms with E-state index in [-0.39, 0.29) is 10.7 Å². The van der Waals surface area contributed by atoms with Gasteiger partial charge in [0.25, 0.3) is 0 Å². The fourth-order valence-corrected chi connectivity index (χ4v) is 1.39. The summed E-state index contributed by atoms with van der Waals surface area (Å²) in [7, 11) is 0. The molecule has 0 aromatic rings. The maximum atomic E-state index is 10.6. The van der Waals surface area contributed by atoms with E-state index in [1.165, 1.54) is 0 Å². The number of halogens is 2. The van der Waals surface area contributed by atoms with Crippen molar-refractivity contribution in [2.75, 3.05) is 13.1 Å². The Morgan fingerprint density at radius 1 is 1.40 bits per heavy atom. The van der Waals surface area contributed by atoms with Crippen LogP contribution in [0.5, 0.6) is 0 Å². The number of carbonyl (C=O) groups is 1. The molecule has 1 fully saturated rings. The molecule has 0 unspecified atom stereocenters. The van der Waals surface area contributed by atoms with E-state index in [1.54, 1.807) is 4.90 Å². The number of likely N-dealkylation sites (tertiary alicyclic amines) is 1. The quantitative estimate of drug-likeness (QED) is 0.319. The molecule has 1 aliphatic heterocycles. The highest BCUT2D eigenvalue weighted by Gasteiger charge is 2.19. The molecule has 1 amide bonds. The predicted octanol–water partition coefficient (Wildman–Crippen LogP) is 2.05. The maximum Gasteiger partial charge on any atom is 0.316 e. The van der Waals surface area contributed by atoms with E-state index in [9.17, 15) is 4.79 Å². The number of nitrogens with zero attached hydrogens (tertiary/aromatic N) is 1. The molecule has 58 valence electrons. The van der Waals surface area contributed by atoms with Crippen molar-refractivity contribution < 1.29 is 4.79 Å². The van der Waals surface area contributed by atoms with Crippen LogP contribution in [-0.4, -0.2) is 28.7 Å². The second kappa shape index (κ2) is 3.44. The number of carbonyl (C=O) groups excluding carboxylic acids is 1. The number of rotatable bonds is 0. The molecule has 1 heterocycles. The minimum atomic E-state index is -0.358. The van der Waals surface area contributed by atoms with Crippen LogP contribution in [-0.2, 0) is 0 Å². The van der Waals surface area contributed by atoms with E-state index in [2.05, 4.69) is 0 Å². The highest BCUT2D eigenvalue weighted by molar-refractivity contribution is 6.62. The van der Waals surface area contributed by atoms with Crippen LogP contribution in [0.2, 0.25) is 0 Å². The third kappa shape index (κ3) is 2.03. The Kier molecular flexibility index (Phi) is 2.81. The Morgan fingerprint density at radius 3 is 2.30 bits per heavy atom. The summed E-state index contributed by atoms with van der Waals surface area (Å²) in [6.07, 6.45) is 1.72. The lowest BCUT2D eigenvalue weighted by molar-refractivity contribution is 0.211. The van der Waals surface area contributed by atoms with Gasteiger partial charge < -0.3 is 4.90 Å². The lowest BCUT2D eigenvalue weighted by atomic mass is 10.1. The molecule has 0 aromatic carbocycles. The molecular weight excluding hydrogens is 173 g/mol. The smallest absolute Gasteiger partial charge is 0.316 e. The molecule has 0 bridgehead atoms. The van der Waals surface area contributed by atoms with Crippen molar-refractivity contribution in [3.05, 3.63) is 0 Å². The molecule has 0 spiro atoms. The minimum Gasteiger partial charge on any atom is -0.329 e. The second-order valence-corrected chi connectivity index (χ2v) is 3.36. The molecule has 1 saturated heterocycles. The monoisotopic (exact) mass is 181 g/mol. The molecule has 10 heavy (non-hydrogen) atoms. The lowest BCUT2D eigenvalue weighted by Crippen LogP contribution is -2.35. The fraction of sp³-hybridized carbons (Fsp3) is 0.833. The number of piperidine rings is 1. The molecule has 0 saturated carbocycles. The van der Waals surface area contributed by atoms with Crippen LogP contribution >= 0.6 is 23.2 Å². The molecular formula is C6H9Cl2NO. The molecule has 0 N–H and O–H groups in total. The molecule has 1 rings (SSSR count). The van der Waals surface area contributed by atoms with E-state index in [0.29, 0.717) is 13.1 Å². The van der Waals surface area contributed by atoms with Gasteiger partial charge in [0, 0.05) is 18.5 Å². The first-order valence-corrected chi connectivity index (χ1v) is 4.10. The molecule has 0 aromatic heterocycles. The van der Waals surface area contributed by atoms with Crippen LogP contribution in [0.4, 0.5) is 4.79 Å². The first-order chi connectivity index (χ1) is 4.70. The Morgan fingerprint density at radius 2 is 1.90 bits per heavy atom. The summed E-state index contributed by atoms with van der Waals surface area (Å²) in [6, 6.07) is 0. The summed E-state index contributed by atoms with van der Waals surface area (Å²) in [6.45, 7) is 1.41. The van der Waals surface area contributed by atoms with Gasteiger partial charge in [0.15, 0.2) is 0 Å². The molecule has 2 nitrogen and oxygen atoms in total. The zero-order chi connectivity index (χ0) is 7.56. The van der Waals surface area contributed by atoms with Crippen LogP contribution in [0, 0.1) is 0 Å². The van der Waals surface area contributed by atoms with E-state index in [1.807, 2.05) is 0 Å². The maximum absolute atomic E-state index is 10.6. The fourth-order valence-electron chi connectivity index (χ4n) is 1.02. The number of hydrogen-bond acceptors (Lipinski definition) is 1. The number of alkyl halides is 1. The van der Waals surface area contributed by atoms with Crippen LogP contribution in [0.15, 0.2) is 0 Å². The Balaban J connectivity index is 2.33. The summed E-state index contributed by atoms with van der Waals surface area (Å²) in [4.78, 5) is 12.2. The molecule has 4 heteroatoms. The number of hydrogen-bond donors (Lipinski definition) is 0. The summed E-state index contributed by atoms with van der Waals surface area (Å²) in [5.41, 5.74) is 0. The first-order valence-electron chi connectivity index (χ1n) is 3.28. The molecule has 0 aliphatic carbocycles. The van der Waals surface area contributed by atoms with Gasteiger partial charge in [-0.2, -0.15) is 0 Å². The van der Waals surface area contributed by atoms with E-state index < -0.39 is 0 Å². The Labute approximate surface area is 70.1 Å². The van der Waals surface area contributed by atoms with Crippen LogP contribution in [0.1, 0.15) is 12.8 Å². The van der Waals surface area contributed by atoms with Crippen LogP contribution < -0.4 is 0 Å². The Bertz CT molecular complexity index is 132. The minimum absolute atomic E-state index is 0.229. The first kappa shape index (κ1) is 8.15. The zero-order valence-corrected chi connectivity index (χ0v) is 7.03. The van der Waals surface area contributed by atoms with Gasteiger partial charge in [0.1, 0.15) is 0 Å². The average molecular weight is 182 g/mol. The second-order valence-electron chi connectivity index (χ2n) is 2.41. The molecule has 0 radical (unpaired) electrons. The highest BCUT2D eigenvalue weighted by Crippen LogP contribution is 2.16.